The second-order valence-corrected chi connectivity index (χ2v) is 5.65. The summed E-state index contributed by atoms with van der Waals surface area (Å²) in [7, 11) is 1.74. The fourth-order valence-electron chi connectivity index (χ4n) is 2.19. The second-order valence-electron chi connectivity index (χ2n) is 4.73. The van der Waals surface area contributed by atoms with E-state index in [1.807, 2.05) is 60.7 Å². The zero-order valence-corrected chi connectivity index (χ0v) is 13.0. The Hall–Kier alpha value is -2.20. The minimum Gasteiger partial charge on any atom is -0.296 e. The fourth-order valence-corrected chi connectivity index (χ4v) is 2.58. The van der Waals surface area contributed by atoms with Crippen molar-refractivity contribution in [3.63, 3.8) is 0 Å². The van der Waals surface area contributed by atoms with Crippen molar-refractivity contribution in [1.29, 1.82) is 0 Å². The van der Waals surface area contributed by atoms with Crippen LogP contribution in [0.1, 0.15) is 0 Å². The number of nitrogens with zero attached hydrogens (tertiary/aromatic N) is 2. The zero-order chi connectivity index (χ0) is 14.8. The Kier molecular flexibility index (Phi) is 3.71. The topological polar surface area (TPSA) is 34.4 Å². The van der Waals surface area contributed by atoms with Gasteiger partial charge in [-0.15, -0.1) is 0 Å². The van der Waals surface area contributed by atoms with E-state index in [0.29, 0.717) is 10.9 Å². The van der Waals surface area contributed by atoms with Crippen molar-refractivity contribution in [1.82, 2.24) is 4.57 Å². The van der Waals surface area contributed by atoms with Crippen LogP contribution in [-0.4, -0.2) is 4.57 Å². The lowest BCUT2D eigenvalue weighted by Crippen LogP contribution is -2.27. The van der Waals surface area contributed by atoms with Crippen molar-refractivity contribution >= 4 is 32.4 Å². The van der Waals surface area contributed by atoms with Crippen molar-refractivity contribution in [2.45, 2.75) is 0 Å². The van der Waals surface area contributed by atoms with E-state index in [4.69, 9.17) is 0 Å². The average molecular weight is 341 g/mol. The van der Waals surface area contributed by atoms with E-state index in [9.17, 15) is 4.79 Å². The monoisotopic (exact) mass is 340 g/mol. The molecule has 0 radical (unpaired) electrons. The molecule has 104 valence electrons. The molecule has 0 N–H and O–H groups in total. The van der Waals surface area contributed by atoms with Crippen molar-refractivity contribution in [3.05, 3.63) is 81.0 Å². The van der Waals surface area contributed by atoms with Crippen LogP contribution in [0.4, 0.5) is 5.69 Å². The zero-order valence-electron chi connectivity index (χ0n) is 11.5. The van der Waals surface area contributed by atoms with Gasteiger partial charge < -0.3 is 0 Å². The molecule has 0 saturated carbocycles. The number of fused-ring (bicyclic) bond motifs is 1. The Morgan fingerprint density at radius 2 is 1.81 bits per heavy atom. The third-order valence-electron chi connectivity index (χ3n) is 3.30. The summed E-state index contributed by atoms with van der Waals surface area (Å²) in [6.45, 7) is 0. The molecule has 1 heterocycles. The minimum atomic E-state index is -0.0515. The lowest BCUT2D eigenvalue weighted by atomic mass is 10.2. The van der Waals surface area contributed by atoms with E-state index in [-0.39, 0.29) is 5.56 Å². The van der Waals surface area contributed by atoms with E-state index in [1.54, 1.807) is 11.6 Å². The van der Waals surface area contributed by atoms with E-state index >= 15 is 0 Å². The van der Waals surface area contributed by atoms with Gasteiger partial charge in [0, 0.05) is 16.9 Å². The largest absolute Gasteiger partial charge is 0.296 e. The third kappa shape index (κ3) is 2.81. The molecule has 0 spiro atoms. The Bertz CT molecular complexity index is 945. The number of halogens is 1. The summed E-state index contributed by atoms with van der Waals surface area (Å²) in [4.78, 5) is 17.1. The van der Waals surface area contributed by atoms with Gasteiger partial charge in [-0.2, -0.15) is 0 Å². The van der Waals surface area contributed by atoms with Gasteiger partial charge in [0.2, 0.25) is 0 Å². The number of rotatable bonds is 1. The molecule has 0 aliphatic carbocycles. The van der Waals surface area contributed by atoms with Crippen molar-refractivity contribution in [2.24, 2.45) is 12.0 Å². The number of aromatic nitrogens is 1. The summed E-state index contributed by atoms with van der Waals surface area (Å²) < 4.78 is 2.53. The molecule has 1 aromatic heterocycles. The Labute approximate surface area is 130 Å². The normalized spacial score (nSPS) is 11.8. The van der Waals surface area contributed by atoms with Crippen LogP contribution in [0.15, 0.2) is 74.9 Å². The molecule has 0 saturated heterocycles. The lowest BCUT2D eigenvalue weighted by Gasteiger charge is -1.96. The molecule has 0 aliphatic heterocycles. The van der Waals surface area contributed by atoms with Gasteiger partial charge in [-0.3, -0.25) is 9.36 Å². The summed E-state index contributed by atoms with van der Waals surface area (Å²) in [5.74, 6) is 0. The first-order chi connectivity index (χ1) is 10.1. The van der Waals surface area contributed by atoms with E-state index < -0.39 is 0 Å². The number of hydrogen-bond acceptors (Lipinski definition) is 2. The Morgan fingerprint density at radius 3 is 2.62 bits per heavy atom. The third-order valence-corrected chi connectivity index (χ3v) is 3.80. The minimum absolute atomic E-state index is 0.0515. The van der Waals surface area contributed by atoms with E-state index in [0.717, 1.165) is 15.5 Å². The van der Waals surface area contributed by atoms with Crippen molar-refractivity contribution in [3.8, 4) is 0 Å². The van der Waals surface area contributed by atoms with Gasteiger partial charge in [0.1, 0.15) is 5.49 Å². The molecule has 3 rings (SSSR count). The van der Waals surface area contributed by atoms with Gasteiger partial charge in [0.05, 0.1) is 5.69 Å². The standard InChI is InChI=1S/C17H13BrN2O/c1-20-16(19-14-7-4-6-13(18)11-14)10-9-12-5-2-3-8-15(12)17(20)21/h2-11H,1H3. The SMILES string of the molecule is Cn1c(=Nc2cccc(Br)c2)ccc2ccccc2c1=O. The van der Waals surface area contributed by atoms with Crippen LogP contribution in [0.5, 0.6) is 0 Å². The first-order valence-corrected chi connectivity index (χ1v) is 7.34. The first-order valence-electron chi connectivity index (χ1n) is 6.54. The lowest BCUT2D eigenvalue weighted by molar-refractivity contribution is 0.815. The van der Waals surface area contributed by atoms with Crippen molar-refractivity contribution in [2.75, 3.05) is 0 Å². The number of hydrogen-bond donors (Lipinski definition) is 0. The summed E-state index contributed by atoms with van der Waals surface area (Å²) >= 11 is 3.42. The van der Waals surface area contributed by atoms with Gasteiger partial charge in [0.15, 0.2) is 0 Å². The molecule has 3 nitrogen and oxygen atoms in total. The highest BCUT2D eigenvalue weighted by atomic mass is 79.9. The van der Waals surface area contributed by atoms with E-state index in [2.05, 4.69) is 20.9 Å². The highest BCUT2D eigenvalue weighted by Gasteiger charge is 1.99. The quantitative estimate of drug-likeness (QED) is 0.667. The maximum absolute atomic E-state index is 12.5. The highest BCUT2D eigenvalue weighted by molar-refractivity contribution is 9.10. The Morgan fingerprint density at radius 1 is 1.00 bits per heavy atom. The van der Waals surface area contributed by atoms with Gasteiger partial charge in [-0.25, -0.2) is 4.99 Å². The van der Waals surface area contributed by atoms with Crippen molar-refractivity contribution < 1.29 is 0 Å². The Balaban J connectivity index is 2.34. The molecule has 0 unspecified atom stereocenters. The van der Waals surface area contributed by atoms with Crippen LogP contribution >= 0.6 is 15.9 Å². The van der Waals surface area contributed by atoms with Gasteiger partial charge in [0.25, 0.3) is 5.56 Å². The van der Waals surface area contributed by atoms with Gasteiger partial charge in [-0.05, 0) is 35.7 Å². The fraction of sp³-hybridized carbons (Fsp3) is 0.0588. The predicted octanol–water partition coefficient (Wildman–Crippen LogP) is 3.53. The summed E-state index contributed by atoms with van der Waals surface area (Å²) in [6, 6.07) is 19.0. The maximum Gasteiger partial charge on any atom is 0.259 e. The van der Waals surface area contributed by atoms with Crippen LogP contribution in [0.3, 0.4) is 0 Å². The maximum atomic E-state index is 12.5. The first kappa shape index (κ1) is 13.8. The summed E-state index contributed by atoms with van der Waals surface area (Å²) in [6.07, 6.45) is 0. The molecule has 0 atom stereocenters. The molecule has 0 bridgehead atoms. The summed E-state index contributed by atoms with van der Waals surface area (Å²) in [5, 5.41) is 1.60. The van der Waals surface area contributed by atoms with Crippen LogP contribution in [-0.2, 0) is 7.05 Å². The van der Waals surface area contributed by atoms with Crippen LogP contribution in [0.2, 0.25) is 0 Å². The molecule has 0 amide bonds. The average Bonchev–Trinajstić information content (AvgIpc) is 2.60. The molecule has 2 aromatic carbocycles. The van der Waals surface area contributed by atoms with Gasteiger partial charge >= 0.3 is 0 Å². The second kappa shape index (κ2) is 5.66. The molecule has 21 heavy (non-hydrogen) atoms. The number of benzene rings is 2. The van der Waals surface area contributed by atoms with Crippen LogP contribution in [0, 0.1) is 0 Å². The van der Waals surface area contributed by atoms with Crippen LogP contribution in [0.25, 0.3) is 10.8 Å². The molecular weight excluding hydrogens is 328 g/mol. The van der Waals surface area contributed by atoms with E-state index in [1.165, 1.54) is 0 Å². The molecular formula is C17H13BrN2O. The molecule has 3 aromatic rings. The van der Waals surface area contributed by atoms with Gasteiger partial charge in [-0.1, -0.05) is 46.3 Å². The summed E-state index contributed by atoms with van der Waals surface area (Å²) in [5.41, 5.74) is 1.37. The molecule has 4 heteroatoms. The smallest absolute Gasteiger partial charge is 0.259 e. The highest BCUT2D eigenvalue weighted by Crippen LogP contribution is 2.17. The molecule has 0 aliphatic rings. The molecule has 0 fully saturated rings. The predicted molar refractivity (Wildman–Crippen MR) is 88.6 cm³/mol. The van der Waals surface area contributed by atoms with Crippen LogP contribution < -0.4 is 11.0 Å².